The van der Waals surface area contributed by atoms with Gasteiger partial charge in [0.1, 0.15) is 15.8 Å². The molecule has 25 heavy (non-hydrogen) atoms. The Balaban J connectivity index is 0.000000269. The second-order valence-corrected chi connectivity index (χ2v) is 7.57. The number of hydrogen-bond acceptors (Lipinski definition) is 9. The minimum atomic E-state index is 0.0487. The first-order valence-corrected chi connectivity index (χ1v) is 9.34. The van der Waals surface area contributed by atoms with Crippen LogP contribution in [0.25, 0.3) is 0 Å². The molecule has 3 rings (SSSR count). The molecule has 0 aliphatic heterocycles. The average Bonchev–Trinajstić information content (AvgIpc) is 3.16. The molecule has 3 aromatic rings. The maximum absolute atomic E-state index is 11.9. The fraction of sp³-hybridized carbons (Fsp3) is 0.250. The summed E-state index contributed by atoms with van der Waals surface area (Å²) in [7, 11) is 0. The van der Waals surface area contributed by atoms with E-state index in [4.69, 9.17) is 18.0 Å². The van der Waals surface area contributed by atoms with Crippen LogP contribution in [0, 0.1) is 13.8 Å². The van der Waals surface area contributed by atoms with Crippen molar-refractivity contribution in [2.75, 3.05) is 5.73 Å². The highest BCUT2D eigenvalue weighted by molar-refractivity contribution is 7.80. The monoisotopic (exact) mass is 391 g/mol. The summed E-state index contributed by atoms with van der Waals surface area (Å²) in [6, 6.07) is 9.19. The molecule has 0 atom stereocenters. The smallest absolute Gasteiger partial charge is 0.232 e. The highest BCUT2D eigenvalue weighted by Crippen LogP contribution is 2.08. The number of nitrogens with zero attached hydrogens (tertiary/aromatic N) is 4. The fourth-order valence-corrected chi connectivity index (χ4v) is 3.02. The summed E-state index contributed by atoms with van der Waals surface area (Å²) in [5.41, 5.74) is 5.86. The summed E-state index contributed by atoms with van der Waals surface area (Å²) in [5.74, 6) is 1.14. The van der Waals surface area contributed by atoms with E-state index in [-0.39, 0.29) is 12.2 Å². The molecule has 0 amide bonds. The minimum Gasteiger partial charge on any atom is -0.367 e. The summed E-state index contributed by atoms with van der Waals surface area (Å²) in [5, 5.41) is 1.83. The maximum atomic E-state index is 11.9. The van der Waals surface area contributed by atoms with E-state index in [1.54, 1.807) is 12.1 Å². The first-order chi connectivity index (χ1) is 11.9. The van der Waals surface area contributed by atoms with E-state index in [0.29, 0.717) is 28.6 Å². The van der Waals surface area contributed by atoms with Crippen LogP contribution < -0.4 is 5.73 Å². The Hall–Kier alpha value is -2.10. The lowest BCUT2D eigenvalue weighted by Crippen LogP contribution is -2.09. The third-order valence-corrected chi connectivity index (χ3v) is 4.50. The third kappa shape index (κ3) is 6.73. The molecule has 2 N–H and O–H groups in total. The van der Waals surface area contributed by atoms with Gasteiger partial charge in [-0.25, -0.2) is 9.97 Å². The molecule has 0 bridgehead atoms. The predicted molar refractivity (Wildman–Crippen MR) is 105 cm³/mol. The Morgan fingerprint density at radius 2 is 1.72 bits per heavy atom. The number of thiocarbonyl (C=S) groups is 1. The van der Waals surface area contributed by atoms with E-state index in [2.05, 4.69) is 18.7 Å². The number of carbonyl (C=O) groups is 1. The number of hydrogen-bond donors (Lipinski definition) is 1. The van der Waals surface area contributed by atoms with E-state index in [9.17, 15) is 4.79 Å². The van der Waals surface area contributed by atoms with Crippen LogP contribution in [0.15, 0.2) is 30.3 Å². The lowest BCUT2D eigenvalue weighted by Gasteiger charge is -2.01. The molecule has 0 aliphatic rings. The quantitative estimate of drug-likeness (QED) is 0.525. The van der Waals surface area contributed by atoms with Crippen LogP contribution in [0.5, 0.6) is 0 Å². The molecule has 0 aliphatic carbocycles. The first kappa shape index (κ1) is 19.2. The van der Waals surface area contributed by atoms with Crippen molar-refractivity contribution in [1.29, 1.82) is 0 Å². The van der Waals surface area contributed by atoms with Crippen molar-refractivity contribution < 1.29 is 4.79 Å². The van der Waals surface area contributed by atoms with Crippen molar-refractivity contribution in [2.24, 2.45) is 0 Å². The zero-order valence-electron chi connectivity index (χ0n) is 13.8. The van der Waals surface area contributed by atoms with Gasteiger partial charge in [0.15, 0.2) is 5.78 Å². The fourth-order valence-electron chi connectivity index (χ4n) is 1.87. The van der Waals surface area contributed by atoms with Crippen LogP contribution in [-0.4, -0.2) is 29.4 Å². The van der Waals surface area contributed by atoms with E-state index < -0.39 is 0 Å². The van der Waals surface area contributed by atoms with Gasteiger partial charge in [-0.3, -0.25) is 4.79 Å². The molecule has 0 radical (unpaired) electrons. The first-order valence-electron chi connectivity index (χ1n) is 7.39. The number of aromatic nitrogens is 4. The Morgan fingerprint density at radius 1 is 1.08 bits per heavy atom. The van der Waals surface area contributed by atoms with Crippen molar-refractivity contribution in [3.05, 3.63) is 51.7 Å². The molecule has 130 valence electrons. The van der Waals surface area contributed by atoms with Crippen molar-refractivity contribution in [1.82, 2.24) is 18.7 Å². The Bertz CT molecular complexity index is 828. The molecule has 0 spiro atoms. The number of nitrogen functional groups attached to an aromatic ring is 1. The lowest BCUT2D eigenvalue weighted by atomic mass is 10.1. The van der Waals surface area contributed by atoms with Crippen LogP contribution in [0.3, 0.4) is 0 Å². The number of benzene rings is 1. The molecule has 9 heteroatoms. The number of aryl methyl sites for hydroxylation is 2. The highest BCUT2D eigenvalue weighted by atomic mass is 32.1. The largest absolute Gasteiger partial charge is 0.367 e. The predicted octanol–water partition coefficient (Wildman–Crippen LogP) is 3.46. The van der Waals surface area contributed by atoms with Gasteiger partial charge in [-0.1, -0.05) is 42.5 Å². The Kier molecular flexibility index (Phi) is 7.23. The molecule has 2 heterocycles. The molecule has 1 aromatic carbocycles. The van der Waals surface area contributed by atoms with Gasteiger partial charge in [0.25, 0.3) is 0 Å². The number of rotatable bonds is 5. The van der Waals surface area contributed by atoms with Crippen molar-refractivity contribution in [2.45, 2.75) is 26.7 Å². The summed E-state index contributed by atoms with van der Waals surface area (Å²) in [6.07, 6.45) is 0.774. The van der Waals surface area contributed by atoms with Gasteiger partial charge < -0.3 is 5.73 Å². The lowest BCUT2D eigenvalue weighted by molar-refractivity contribution is 0.100. The zero-order valence-corrected chi connectivity index (χ0v) is 16.2. The topological polar surface area (TPSA) is 94.7 Å². The molecule has 0 unspecified atom stereocenters. The second kappa shape index (κ2) is 9.40. The summed E-state index contributed by atoms with van der Waals surface area (Å²) >= 11 is 7.90. The van der Waals surface area contributed by atoms with Crippen molar-refractivity contribution >= 4 is 51.9 Å². The maximum Gasteiger partial charge on any atom is 0.232 e. The van der Waals surface area contributed by atoms with Crippen molar-refractivity contribution in [3.8, 4) is 0 Å². The summed E-state index contributed by atoms with van der Waals surface area (Å²) in [6.45, 7) is 3.77. The number of ketones is 1. The van der Waals surface area contributed by atoms with Gasteiger partial charge in [0.05, 0.1) is 0 Å². The minimum absolute atomic E-state index is 0.0487. The van der Waals surface area contributed by atoms with E-state index in [1.807, 2.05) is 32.0 Å². The molecule has 6 nitrogen and oxygen atoms in total. The van der Waals surface area contributed by atoms with Crippen LogP contribution in [0.2, 0.25) is 0 Å². The van der Waals surface area contributed by atoms with Crippen molar-refractivity contribution in [3.63, 3.8) is 0 Å². The van der Waals surface area contributed by atoms with Gasteiger partial charge in [-0.15, -0.1) is 0 Å². The molecule has 2 aromatic heterocycles. The van der Waals surface area contributed by atoms with Gasteiger partial charge in [-0.05, 0) is 36.9 Å². The standard InChI is InChI=1S/C13H12N2OS2.C3H5N3S/c1-9-14-13(15-18-9)8-11(17)7-12(16)10-5-3-2-4-6-10;1-2-5-3(4)6-7-2/h2-6H,7-8H2,1H3;1H3,(H2,4,6). The second-order valence-electron chi connectivity index (χ2n) is 5.08. The zero-order chi connectivity index (χ0) is 18.2. The number of carbonyl (C=O) groups excluding carboxylic acids is 1. The van der Waals surface area contributed by atoms with Crippen LogP contribution in [0.1, 0.15) is 32.6 Å². The molecular weight excluding hydrogens is 374 g/mol. The van der Waals surface area contributed by atoms with Gasteiger partial charge >= 0.3 is 0 Å². The number of nitrogens with two attached hydrogens (primary N) is 1. The summed E-state index contributed by atoms with van der Waals surface area (Å²) in [4.78, 5) is 20.6. The van der Waals surface area contributed by atoms with Gasteiger partial charge in [0, 0.05) is 23.3 Å². The van der Waals surface area contributed by atoms with E-state index in [0.717, 1.165) is 10.0 Å². The summed E-state index contributed by atoms with van der Waals surface area (Å²) < 4.78 is 7.89. The average molecular weight is 392 g/mol. The molecule has 0 saturated carbocycles. The third-order valence-electron chi connectivity index (χ3n) is 2.92. The Labute approximate surface area is 159 Å². The van der Waals surface area contributed by atoms with Gasteiger partial charge in [0.2, 0.25) is 5.95 Å². The molecule has 0 fully saturated rings. The van der Waals surface area contributed by atoms with Crippen LogP contribution in [-0.2, 0) is 6.42 Å². The molecule has 0 saturated heterocycles. The number of Topliss-reactive ketones (excluding diaryl/α,β-unsaturated/α-hetero) is 1. The number of anilines is 1. The van der Waals surface area contributed by atoms with Crippen LogP contribution >= 0.6 is 35.3 Å². The van der Waals surface area contributed by atoms with Crippen LogP contribution in [0.4, 0.5) is 5.95 Å². The Morgan fingerprint density at radius 3 is 2.20 bits per heavy atom. The van der Waals surface area contributed by atoms with E-state index >= 15 is 0 Å². The highest BCUT2D eigenvalue weighted by Gasteiger charge is 2.11. The molecular formula is C16H17N5OS3. The van der Waals surface area contributed by atoms with E-state index in [1.165, 1.54) is 23.1 Å². The normalized spacial score (nSPS) is 10.0. The SMILES string of the molecule is Cc1nc(CC(=S)CC(=O)c2ccccc2)ns1.Cc1nc(N)ns1. The van der Waals surface area contributed by atoms with Gasteiger partial charge in [-0.2, -0.15) is 8.75 Å².